The van der Waals surface area contributed by atoms with Gasteiger partial charge in [-0.1, -0.05) is 6.07 Å². The van der Waals surface area contributed by atoms with Gasteiger partial charge < -0.3 is 24.8 Å². The number of halogens is 2. The van der Waals surface area contributed by atoms with Crippen molar-refractivity contribution >= 4 is 29.9 Å². The highest BCUT2D eigenvalue weighted by atomic mass is 127. The third-order valence-corrected chi connectivity index (χ3v) is 4.66. The fourth-order valence-electron chi connectivity index (χ4n) is 3.07. The fraction of sp³-hybridized carbons (Fsp3) is 0.217. The number of nitrogens with zero attached hydrogens (tertiary/aromatic N) is 2. The molecule has 0 amide bonds. The minimum absolute atomic E-state index is 0. The van der Waals surface area contributed by atoms with Crippen LogP contribution in [-0.4, -0.2) is 31.3 Å². The SMILES string of the molecule is CN=C(NCCc1ccc2c(c1)OCO2)NCc1ccnc(Oc2ccc(F)cc2)c1.I. The molecule has 3 aromatic rings. The quantitative estimate of drug-likeness (QED) is 0.260. The van der Waals surface area contributed by atoms with Gasteiger partial charge in [0.2, 0.25) is 12.7 Å². The summed E-state index contributed by atoms with van der Waals surface area (Å²) in [7, 11) is 1.73. The Kier molecular flexibility index (Phi) is 8.48. The van der Waals surface area contributed by atoms with E-state index in [-0.39, 0.29) is 36.6 Å². The topological polar surface area (TPSA) is 77.0 Å². The zero-order chi connectivity index (χ0) is 21.5. The molecule has 2 aromatic carbocycles. The van der Waals surface area contributed by atoms with E-state index in [0.29, 0.717) is 30.7 Å². The molecule has 1 aliphatic heterocycles. The number of rotatable bonds is 7. The van der Waals surface area contributed by atoms with Crippen molar-refractivity contribution in [3.8, 4) is 23.1 Å². The van der Waals surface area contributed by atoms with Crippen LogP contribution in [0.25, 0.3) is 0 Å². The Morgan fingerprint density at radius 3 is 2.66 bits per heavy atom. The number of pyridine rings is 1. The van der Waals surface area contributed by atoms with Gasteiger partial charge in [-0.25, -0.2) is 9.37 Å². The first-order chi connectivity index (χ1) is 15.2. The number of ether oxygens (including phenoxy) is 3. The van der Waals surface area contributed by atoms with Gasteiger partial charge in [0.25, 0.3) is 0 Å². The Bertz CT molecular complexity index is 1060. The van der Waals surface area contributed by atoms with Gasteiger partial charge in [0.1, 0.15) is 11.6 Å². The molecule has 2 heterocycles. The number of nitrogens with one attached hydrogen (secondary N) is 2. The van der Waals surface area contributed by atoms with E-state index in [1.807, 2.05) is 30.3 Å². The zero-order valence-corrected chi connectivity index (χ0v) is 19.8. The number of fused-ring (bicyclic) bond motifs is 1. The fourth-order valence-corrected chi connectivity index (χ4v) is 3.07. The summed E-state index contributed by atoms with van der Waals surface area (Å²) in [5, 5.41) is 6.57. The molecule has 0 fully saturated rings. The molecule has 0 aliphatic carbocycles. The number of hydrogen-bond acceptors (Lipinski definition) is 5. The molecule has 0 spiro atoms. The normalized spacial score (nSPS) is 12.1. The van der Waals surface area contributed by atoms with Gasteiger partial charge >= 0.3 is 0 Å². The monoisotopic (exact) mass is 550 g/mol. The molecule has 9 heteroatoms. The molecule has 7 nitrogen and oxygen atoms in total. The lowest BCUT2D eigenvalue weighted by molar-refractivity contribution is 0.174. The van der Waals surface area contributed by atoms with Gasteiger partial charge in [0.05, 0.1) is 0 Å². The van der Waals surface area contributed by atoms with E-state index in [1.165, 1.54) is 12.1 Å². The predicted octanol–water partition coefficient (Wildman–Crippen LogP) is 4.27. The van der Waals surface area contributed by atoms with Crippen LogP contribution in [0, 0.1) is 5.82 Å². The van der Waals surface area contributed by atoms with Crippen LogP contribution >= 0.6 is 24.0 Å². The lowest BCUT2D eigenvalue weighted by atomic mass is 10.1. The molecule has 0 unspecified atom stereocenters. The Balaban J connectivity index is 0.00000289. The van der Waals surface area contributed by atoms with E-state index >= 15 is 0 Å². The summed E-state index contributed by atoms with van der Waals surface area (Å²) in [6.45, 7) is 1.54. The summed E-state index contributed by atoms with van der Waals surface area (Å²) in [5.74, 6) is 2.93. The maximum atomic E-state index is 13.0. The lowest BCUT2D eigenvalue weighted by Crippen LogP contribution is -2.37. The van der Waals surface area contributed by atoms with Gasteiger partial charge in [-0.05, 0) is 60.0 Å². The predicted molar refractivity (Wildman–Crippen MR) is 131 cm³/mol. The second-order valence-electron chi connectivity index (χ2n) is 6.85. The number of hydrogen-bond donors (Lipinski definition) is 2. The number of aliphatic imine (C=N–C) groups is 1. The van der Waals surface area contributed by atoms with Gasteiger partial charge in [-0.2, -0.15) is 0 Å². The molecule has 168 valence electrons. The second-order valence-corrected chi connectivity index (χ2v) is 6.85. The van der Waals surface area contributed by atoms with Crippen molar-refractivity contribution in [3.63, 3.8) is 0 Å². The standard InChI is InChI=1S/C23H23FN4O3.HI/c1-25-23(27-11-8-16-2-7-20-21(12-16)30-15-29-20)28-14-17-9-10-26-22(13-17)31-19-5-3-18(24)4-6-19;/h2-7,9-10,12-13H,8,11,14-15H2,1H3,(H2,25,27,28);1H. The smallest absolute Gasteiger partial charge is 0.231 e. The van der Waals surface area contributed by atoms with Crippen molar-refractivity contribution in [2.45, 2.75) is 13.0 Å². The zero-order valence-electron chi connectivity index (χ0n) is 17.5. The van der Waals surface area contributed by atoms with Crippen molar-refractivity contribution in [3.05, 3.63) is 77.7 Å². The summed E-state index contributed by atoms with van der Waals surface area (Å²) in [4.78, 5) is 8.46. The number of benzene rings is 2. The molecular formula is C23H24FIN4O3. The number of guanidine groups is 1. The second kappa shape index (κ2) is 11.5. The highest BCUT2D eigenvalue weighted by molar-refractivity contribution is 14.0. The van der Waals surface area contributed by atoms with Crippen molar-refractivity contribution in [2.75, 3.05) is 20.4 Å². The largest absolute Gasteiger partial charge is 0.454 e. The average Bonchev–Trinajstić information content (AvgIpc) is 3.26. The van der Waals surface area contributed by atoms with Crippen LogP contribution in [0.1, 0.15) is 11.1 Å². The molecule has 0 bridgehead atoms. The molecule has 0 atom stereocenters. The minimum Gasteiger partial charge on any atom is -0.454 e. The van der Waals surface area contributed by atoms with Crippen molar-refractivity contribution in [1.29, 1.82) is 0 Å². The molecule has 4 rings (SSSR count). The number of aromatic nitrogens is 1. The van der Waals surface area contributed by atoms with Gasteiger partial charge in [0, 0.05) is 32.4 Å². The maximum Gasteiger partial charge on any atom is 0.231 e. The Morgan fingerprint density at radius 1 is 1.03 bits per heavy atom. The molecule has 0 radical (unpaired) electrons. The molecule has 1 aliphatic rings. The molecule has 0 saturated carbocycles. The minimum atomic E-state index is -0.310. The highest BCUT2D eigenvalue weighted by Gasteiger charge is 2.13. The van der Waals surface area contributed by atoms with E-state index in [0.717, 1.165) is 29.0 Å². The van der Waals surface area contributed by atoms with Crippen molar-refractivity contribution in [2.24, 2.45) is 4.99 Å². The van der Waals surface area contributed by atoms with Crippen LogP contribution in [0.3, 0.4) is 0 Å². The first-order valence-electron chi connectivity index (χ1n) is 9.91. The maximum absolute atomic E-state index is 13.0. The van der Waals surface area contributed by atoms with E-state index in [1.54, 1.807) is 25.4 Å². The Morgan fingerprint density at radius 2 is 1.84 bits per heavy atom. The molecule has 2 N–H and O–H groups in total. The van der Waals surface area contributed by atoms with Crippen LogP contribution in [0.15, 0.2) is 65.8 Å². The molecule has 32 heavy (non-hydrogen) atoms. The molecule has 1 aromatic heterocycles. The summed E-state index contributed by atoms with van der Waals surface area (Å²) >= 11 is 0. The van der Waals surface area contributed by atoms with E-state index in [9.17, 15) is 4.39 Å². The highest BCUT2D eigenvalue weighted by Crippen LogP contribution is 2.32. The van der Waals surface area contributed by atoms with Crippen LogP contribution in [0.2, 0.25) is 0 Å². The summed E-state index contributed by atoms with van der Waals surface area (Å²) in [6.07, 6.45) is 2.49. The van der Waals surface area contributed by atoms with Gasteiger partial charge in [-0.3, -0.25) is 4.99 Å². The van der Waals surface area contributed by atoms with Crippen molar-refractivity contribution in [1.82, 2.24) is 15.6 Å². The Hall–Kier alpha value is -3.08. The molecular weight excluding hydrogens is 526 g/mol. The molecule has 0 saturated heterocycles. The van der Waals surface area contributed by atoms with Crippen LogP contribution in [-0.2, 0) is 13.0 Å². The summed E-state index contributed by atoms with van der Waals surface area (Å²) < 4.78 is 29.5. The average molecular weight is 550 g/mol. The van der Waals surface area contributed by atoms with Crippen LogP contribution in [0.5, 0.6) is 23.1 Å². The van der Waals surface area contributed by atoms with Crippen LogP contribution in [0.4, 0.5) is 4.39 Å². The van der Waals surface area contributed by atoms with Crippen molar-refractivity contribution < 1.29 is 18.6 Å². The lowest BCUT2D eigenvalue weighted by Gasteiger charge is -2.13. The van der Waals surface area contributed by atoms with E-state index in [2.05, 4.69) is 20.6 Å². The summed E-state index contributed by atoms with van der Waals surface area (Å²) in [6, 6.07) is 15.5. The van der Waals surface area contributed by atoms with E-state index in [4.69, 9.17) is 14.2 Å². The first-order valence-corrected chi connectivity index (χ1v) is 9.91. The summed E-state index contributed by atoms with van der Waals surface area (Å²) in [5.41, 5.74) is 2.13. The first kappa shape index (κ1) is 23.6. The van der Waals surface area contributed by atoms with Gasteiger partial charge in [0.15, 0.2) is 17.5 Å². The van der Waals surface area contributed by atoms with E-state index < -0.39 is 0 Å². The van der Waals surface area contributed by atoms with Gasteiger partial charge in [-0.15, -0.1) is 24.0 Å². The third kappa shape index (κ3) is 6.46. The Labute approximate surface area is 203 Å². The third-order valence-electron chi connectivity index (χ3n) is 4.66. The van der Waals surface area contributed by atoms with Crippen LogP contribution < -0.4 is 24.8 Å².